The highest BCUT2D eigenvalue weighted by atomic mass is 16.5. The number of hydrogen-bond acceptors (Lipinski definition) is 5. The van der Waals surface area contributed by atoms with Gasteiger partial charge in [0, 0.05) is 24.6 Å². The van der Waals surface area contributed by atoms with Gasteiger partial charge >= 0.3 is 0 Å². The van der Waals surface area contributed by atoms with Crippen molar-refractivity contribution >= 4 is 11.0 Å². The SMILES string of the molecule is Cc1nn(C2CCCCO2)c2ncc(O)c(-c3ccncc3)c12. The van der Waals surface area contributed by atoms with Gasteiger partial charge in [-0.1, -0.05) is 0 Å². The number of ether oxygens (including phenoxy) is 1. The third-order valence-corrected chi connectivity index (χ3v) is 4.27. The largest absolute Gasteiger partial charge is 0.506 e. The van der Waals surface area contributed by atoms with Gasteiger partial charge in [-0.3, -0.25) is 4.98 Å². The highest BCUT2D eigenvalue weighted by molar-refractivity contribution is 5.97. The number of aromatic nitrogens is 4. The maximum absolute atomic E-state index is 10.4. The Hall–Kier alpha value is -2.47. The lowest BCUT2D eigenvalue weighted by molar-refractivity contribution is -0.0371. The molecule has 0 radical (unpaired) electrons. The molecule has 0 aliphatic carbocycles. The maximum atomic E-state index is 10.4. The molecule has 1 unspecified atom stereocenters. The fourth-order valence-corrected chi connectivity index (χ4v) is 3.19. The minimum atomic E-state index is -0.0812. The number of aryl methyl sites for hydroxylation is 1. The van der Waals surface area contributed by atoms with Crippen LogP contribution < -0.4 is 0 Å². The smallest absolute Gasteiger partial charge is 0.161 e. The van der Waals surface area contributed by atoms with Crippen LogP contribution in [-0.2, 0) is 4.74 Å². The van der Waals surface area contributed by atoms with Crippen LogP contribution in [0.25, 0.3) is 22.2 Å². The van der Waals surface area contributed by atoms with Gasteiger partial charge in [-0.2, -0.15) is 5.10 Å². The summed E-state index contributed by atoms with van der Waals surface area (Å²) >= 11 is 0. The van der Waals surface area contributed by atoms with Crippen LogP contribution in [0.3, 0.4) is 0 Å². The van der Waals surface area contributed by atoms with E-state index in [4.69, 9.17) is 4.74 Å². The molecule has 4 heterocycles. The molecule has 0 spiro atoms. The average Bonchev–Trinajstić information content (AvgIpc) is 2.93. The Morgan fingerprint density at radius 1 is 1.26 bits per heavy atom. The second kappa shape index (κ2) is 5.62. The number of nitrogens with zero attached hydrogens (tertiary/aromatic N) is 4. The number of fused-ring (bicyclic) bond motifs is 1. The van der Waals surface area contributed by atoms with E-state index in [1.165, 1.54) is 6.20 Å². The molecule has 1 saturated heterocycles. The first-order chi connectivity index (χ1) is 11.3. The Bertz CT molecular complexity index is 839. The van der Waals surface area contributed by atoms with Gasteiger partial charge in [0.05, 0.1) is 17.3 Å². The fourth-order valence-electron chi connectivity index (χ4n) is 3.19. The van der Waals surface area contributed by atoms with Gasteiger partial charge in [0.25, 0.3) is 0 Å². The molecule has 1 fully saturated rings. The van der Waals surface area contributed by atoms with Crippen LogP contribution in [0.4, 0.5) is 0 Å². The fraction of sp³-hybridized carbons (Fsp3) is 0.353. The Morgan fingerprint density at radius 3 is 2.83 bits per heavy atom. The molecule has 3 aromatic heterocycles. The zero-order valence-electron chi connectivity index (χ0n) is 12.9. The third kappa shape index (κ3) is 2.35. The van der Waals surface area contributed by atoms with Crippen LogP contribution in [0.15, 0.2) is 30.7 Å². The summed E-state index contributed by atoms with van der Waals surface area (Å²) in [6.45, 7) is 2.69. The second-order valence-corrected chi connectivity index (χ2v) is 5.80. The van der Waals surface area contributed by atoms with Crippen LogP contribution in [-0.4, -0.2) is 31.5 Å². The molecule has 23 heavy (non-hydrogen) atoms. The van der Waals surface area contributed by atoms with Crippen molar-refractivity contribution in [3.05, 3.63) is 36.4 Å². The molecule has 0 saturated carbocycles. The second-order valence-electron chi connectivity index (χ2n) is 5.80. The lowest BCUT2D eigenvalue weighted by Gasteiger charge is -2.23. The van der Waals surface area contributed by atoms with Gasteiger partial charge in [0.15, 0.2) is 11.9 Å². The molecular formula is C17H18N4O2. The van der Waals surface area contributed by atoms with Crippen LogP contribution in [0, 0.1) is 6.92 Å². The van der Waals surface area contributed by atoms with Crippen molar-refractivity contribution < 1.29 is 9.84 Å². The lowest BCUT2D eigenvalue weighted by Crippen LogP contribution is -2.19. The molecular weight excluding hydrogens is 292 g/mol. The van der Waals surface area contributed by atoms with E-state index in [2.05, 4.69) is 15.1 Å². The van der Waals surface area contributed by atoms with Crippen molar-refractivity contribution in [2.75, 3.05) is 6.61 Å². The lowest BCUT2D eigenvalue weighted by atomic mass is 10.0. The Labute approximate surface area is 133 Å². The summed E-state index contributed by atoms with van der Waals surface area (Å²) in [7, 11) is 0. The quantitative estimate of drug-likeness (QED) is 0.787. The summed E-state index contributed by atoms with van der Waals surface area (Å²) in [5, 5.41) is 15.9. The molecule has 1 aliphatic rings. The highest BCUT2D eigenvalue weighted by Crippen LogP contribution is 2.38. The van der Waals surface area contributed by atoms with Crippen molar-refractivity contribution in [3.63, 3.8) is 0 Å². The predicted molar refractivity (Wildman–Crippen MR) is 86.0 cm³/mol. The molecule has 0 amide bonds. The summed E-state index contributed by atoms with van der Waals surface area (Å²) in [4.78, 5) is 8.46. The number of aromatic hydroxyl groups is 1. The molecule has 6 heteroatoms. The summed E-state index contributed by atoms with van der Waals surface area (Å²) in [6, 6.07) is 3.75. The Kier molecular flexibility index (Phi) is 3.46. The van der Waals surface area contributed by atoms with Crippen molar-refractivity contribution in [1.29, 1.82) is 0 Å². The van der Waals surface area contributed by atoms with Crippen LogP contribution in [0.1, 0.15) is 31.2 Å². The Morgan fingerprint density at radius 2 is 2.09 bits per heavy atom. The first kappa shape index (κ1) is 14.1. The van der Waals surface area contributed by atoms with Crippen molar-refractivity contribution in [2.45, 2.75) is 32.4 Å². The summed E-state index contributed by atoms with van der Waals surface area (Å²) in [6.07, 6.45) is 7.98. The molecule has 1 atom stereocenters. The maximum Gasteiger partial charge on any atom is 0.161 e. The van der Waals surface area contributed by atoms with Gasteiger partial charge < -0.3 is 9.84 Å². The summed E-state index contributed by atoms with van der Waals surface area (Å²) in [5.41, 5.74) is 3.23. The van der Waals surface area contributed by atoms with Crippen molar-refractivity contribution in [3.8, 4) is 16.9 Å². The zero-order chi connectivity index (χ0) is 15.8. The number of pyridine rings is 2. The monoisotopic (exact) mass is 310 g/mol. The highest BCUT2D eigenvalue weighted by Gasteiger charge is 2.23. The predicted octanol–water partition coefficient (Wildman–Crippen LogP) is 3.21. The minimum Gasteiger partial charge on any atom is -0.506 e. The molecule has 118 valence electrons. The van der Waals surface area contributed by atoms with E-state index in [1.54, 1.807) is 12.4 Å². The standard InChI is InChI=1S/C17H18N4O2/c1-11-15-16(12-5-7-18-8-6-12)13(22)10-19-17(15)21(20-11)14-4-2-3-9-23-14/h5-8,10,14,22H,2-4,9H2,1H3. The van der Waals surface area contributed by atoms with Gasteiger partial charge in [-0.15, -0.1) is 0 Å². The average molecular weight is 310 g/mol. The summed E-state index contributed by atoms with van der Waals surface area (Å²) in [5.74, 6) is 0.149. The van der Waals surface area contributed by atoms with Gasteiger partial charge in [0.1, 0.15) is 5.75 Å². The molecule has 1 N–H and O–H groups in total. The molecule has 4 rings (SSSR count). The van der Waals surface area contributed by atoms with Gasteiger partial charge in [-0.05, 0) is 43.9 Å². The number of rotatable bonds is 2. The molecule has 6 nitrogen and oxygen atoms in total. The minimum absolute atomic E-state index is 0.0812. The van der Waals surface area contributed by atoms with Crippen LogP contribution >= 0.6 is 0 Å². The first-order valence-corrected chi connectivity index (χ1v) is 7.84. The number of hydrogen-bond donors (Lipinski definition) is 1. The summed E-state index contributed by atoms with van der Waals surface area (Å²) < 4.78 is 7.70. The van der Waals surface area contributed by atoms with E-state index in [9.17, 15) is 5.11 Å². The first-order valence-electron chi connectivity index (χ1n) is 7.84. The van der Waals surface area contributed by atoms with E-state index < -0.39 is 0 Å². The van der Waals surface area contributed by atoms with Crippen molar-refractivity contribution in [1.82, 2.24) is 19.7 Å². The van der Waals surface area contributed by atoms with E-state index in [-0.39, 0.29) is 12.0 Å². The molecule has 0 aromatic carbocycles. The van der Waals surface area contributed by atoms with E-state index >= 15 is 0 Å². The van der Waals surface area contributed by atoms with Crippen molar-refractivity contribution in [2.24, 2.45) is 0 Å². The molecule has 3 aromatic rings. The van der Waals surface area contributed by atoms with Gasteiger partial charge in [-0.25, -0.2) is 9.67 Å². The van der Waals surface area contributed by atoms with Crippen LogP contribution in [0.5, 0.6) is 5.75 Å². The molecule has 1 aliphatic heterocycles. The topological polar surface area (TPSA) is 73.1 Å². The van der Waals surface area contributed by atoms with Gasteiger partial charge in [0.2, 0.25) is 0 Å². The van der Waals surface area contributed by atoms with Crippen LogP contribution in [0.2, 0.25) is 0 Å². The molecule has 0 bridgehead atoms. The normalized spacial score (nSPS) is 18.4. The zero-order valence-corrected chi connectivity index (χ0v) is 12.9. The van der Waals surface area contributed by atoms with E-state index in [1.807, 2.05) is 23.7 Å². The third-order valence-electron chi connectivity index (χ3n) is 4.27. The van der Waals surface area contributed by atoms with E-state index in [0.717, 1.165) is 53.7 Å². The Balaban J connectivity index is 1.94. The van der Waals surface area contributed by atoms with E-state index in [0.29, 0.717) is 0 Å².